The minimum absolute atomic E-state index is 0.0574. The van der Waals surface area contributed by atoms with Gasteiger partial charge in [0.15, 0.2) is 0 Å². The summed E-state index contributed by atoms with van der Waals surface area (Å²) < 4.78 is 25.2. The summed E-state index contributed by atoms with van der Waals surface area (Å²) in [6, 6.07) is 11.1. The van der Waals surface area contributed by atoms with E-state index in [0.717, 1.165) is 21.8 Å². The number of amides is 1. The maximum absolute atomic E-state index is 12.1. The molecule has 0 atom stereocenters. The van der Waals surface area contributed by atoms with Gasteiger partial charge in [-0.2, -0.15) is 15.2 Å². The molecule has 0 saturated carbocycles. The number of pyridine rings is 1. The second kappa shape index (κ2) is 8.82. The predicted molar refractivity (Wildman–Crippen MR) is 135 cm³/mol. The molecular formula is C23H21N9O3S. The molecule has 4 aromatic rings. The van der Waals surface area contributed by atoms with Crippen molar-refractivity contribution in [3.63, 3.8) is 0 Å². The van der Waals surface area contributed by atoms with E-state index in [4.69, 9.17) is 0 Å². The largest absolute Gasteiger partial charge is 0.365 e. The summed E-state index contributed by atoms with van der Waals surface area (Å²) in [6.07, 6.45) is 4.47. The Hall–Kier alpha value is -4.70. The van der Waals surface area contributed by atoms with Crippen molar-refractivity contribution in [2.24, 2.45) is 0 Å². The Labute approximate surface area is 206 Å². The average molecular weight is 504 g/mol. The summed E-state index contributed by atoms with van der Waals surface area (Å²) in [6.45, 7) is 0.192. The van der Waals surface area contributed by atoms with Gasteiger partial charge in [0.05, 0.1) is 23.6 Å². The molecule has 13 heteroatoms. The highest BCUT2D eigenvalue weighted by atomic mass is 32.2. The number of carbonyl (C=O) groups excluding carboxylic acids is 1. The summed E-state index contributed by atoms with van der Waals surface area (Å²) >= 11 is 0. The van der Waals surface area contributed by atoms with Gasteiger partial charge in [-0.05, 0) is 29.8 Å². The van der Waals surface area contributed by atoms with Crippen LogP contribution in [0.1, 0.15) is 16.7 Å². The van der Waals surface area contributed by atoms with Gasteiger partial charge in [0, 0.05) is 42.9 Å². The first-order chi connectivity index (χ1) is 17.2. The third-order valence-corrected chi connectivity index (χ3v) is 6.92. The van der Waals surface area contributed by atoms with Crippen molar-refractivity contribution in [3.05, 3.63) is 59.4 Å². The molecule has 36 heavy (non-hydrogen) atoms. The number of sulfonamides is 1. The Morgan fingerprint density at radius 2 is 2.08 bits per heavy atom. The number of H-pyrrole nitrogens is 1. The Morgan fingerprint density at radius 1 is 1.25 bits per heavy atom. The van der Waals surface area contributed by atoms with Crippen LogP contribution in [0.4, 0.5) is 29.0 Å². The number of hydrogen-bond acceptors (Lipinski definition) is 9. The molecule has 1 aliphatic rings. The van der Waals surface area contributed by atoms with Gasteiger partial charge in [-0.25, -0.2) is 13.4 Å². The molecule has 5 rings (SSSR count). The molecule has 0 unspecified atom stereocenters. The Kier molecular flexibility index (Phi) is 5.65. The average Bonchev–Trinajstić information content (AvgIpc) is 3.43. The van der Waals surface area contributed by atoms with E-state index in [1.807, 2.05) is 18.2 Å². The fourth-order valence-corrected chi connectivity index (χ4v) is 4.41. The standard InChI is InChI=1S/C23H21N9O3S/c1-32(36(2,34)35)22-13(4-3-7-25-22)11-26-20-19-15(10-24)12-27-21(19)31-23(30-20)28-16-5-6-17-14(8-16)9-18(33)29-17/h3-8,12H,9,11H2,1-2H3,(H,29,33)(H3,26,27,28,30,31). The highest BCUT2D eigenvalue weighted by Crippen LogP contribution is 2.30. The van der Waals surface area contributed by atoms with Crippen molar-refractivity contribution in [3.8, 4) is 6.07 Å². The third kappa shape index (κ3) is 4.37. The van der Waals surface area contributed by atoms with Crippen molar-refractivity contribution in [1.29, 1.82) is 5.26 Å². The van der Waals surface area contributed by atoms with Gasteiger partial charge < -0.3 is 20.9 Å². The van der Waals surface area contributed by atoms with Crippen molar-refractivity contribution < 1.29 is 13.2 Å². The second-order valence-electron chi connectivity index (χ2n) is 8.23. The molecule has 182 valence electrons. The van der Waals surface area contributed by atoms with Crippen LogP contribution in [0.2, 0.25) is 0 Å². The number of aromatic amines is 1. The maximum Gasteiger partial charge on any atom is 0.233 e. The molecule has 1 amide bonds. The fourth-order valence-electron chi connectivity index (χ4n) is 3.93. The van der Waals surface area contributed by atoms with Crippen molar-refractivity contribution in [1.82, 2.24) is 19.9 Å². The summed E-state index contributed by atoms with van der Waals surface area (Å²) in [5.41, 5.74) is 3.78. The number of nitrogens with zero attached hydrogens (tertiary/aromatic N) is 5. The molecule has 4 N–H and O–H groups in total. The number of aromatic nitrogens is 4. The van der Waals surface area contributed by atoms with Crippen LogP contribution >= 0.6 is 0 Å². The summed E-state index contributed by atoms with van der Waals surface area (Å²) in [4.78, 5) is 28.0. The van der Waals surface area contributed by atoms with Crippen LogP contribution in [0, 0.1) is 11.3 Å². The Bertz CT molecular complexity index is 1660. The molecule has 4 heterocycles. The predicted octanol–water partition coefficient (Wildman–Crippen LogP) is 2.47. The van der Waals surface area contributed by atoms with Crippen molar-refractivity contribution in [2.75, 3.05) is 33.6 Å². The van der Waals surface area contributed by atoms with E-state index in [9.17, 15) is 18.5 Å². The van der Waals surface area contributed by atoms with Gasteiger partial charge in [0.2, 0.25) is 21.9 Å². The number of nitriles is 1. The first-order valence-electron chi connectivity index (χ1n) is 10.8. The number of hydrogen-bond donors (Lipinski definition) is 4. The molecule has 0 fully saturated rings. The van der Waals surface area contributed by atoms with Crippen LogP contribution in [0.5, 0.6) is 0 Å². The van der Waals surface area contributed by atoms with E-state index >= 15 is 0 Å². The van der Waals surface area contributed by atoms with Gasteiger partial charge in [-0.3, -0.25) is 9.10 Å². The summed E-state index contributed by atoms with van der Waals surface area (Å²) in [7, 11) is -2.08. The number of rotatable bonds is 7. The number of benzene rings is 1. The van der Waals surface area contributed by atoms with E-state index < -0.39 is 10.0 Å². The van der Waals surface area contributed by atoms with Gasteiger partial charge in [0.25, 0.3) is 0 Å². The molecule has 0 spiro atoms. The lowest BCUT2D eigenvalue weighted by atomic mass is 10.1. The minimum Gasteiger partial charge on any atom is -0.365 e. The third-order valence-electron chi connectivity index (χ3n) is 5.75. The number of anilines is 5. The van der Waals surface area contributed by atoms with Crippen LogP contribution < -0.4 is 20.3 Å². The molecule has 3 aromatic heterocycles. The molecule has 12 nitrogen and oxygen atoms in total. The van der Waals surface area contributed by atoms with Gasteiger partial charge in [-0.1, -0.05) is 6.07 Å². The van der Waals surface area contributed by atoms with E-state index in [1.54, 1.807) is 18.3 Å². The summed E-state index contributed by atoms with van der Waals surface area (Å²) in [5.74, 6) is 0.883. The monoisotopic (exact) mass is 503 g/mol. The van der Waals surface area contributed by atoms with E-state index in [1.165, 1.54) is 13.2 Å². The van der Waals surface area contributed by atoms with Gasteiger partial charge >= 0.3 is 0 Å². The molecular weight excluding hydrogens is 482 g/mol. The quantitative estimate of drug-likeness (QED) is 0.296. The van der Waals surface area contributed by atoms with Crippen molar-refractivity contribution in [2.45, 2.75) is 13.0 Å². The van der Waals surface area contributed by atoms with Gasteiger partial charge in [-0.15, -0.1) is 0 Å². The van der Waals surface area contributed by atoms with E-state index in [2.05, 4.69) is 42.0 Å². The molecule has 0 bridgehead atoms. The summed E-state index contributed by atoms with van der Waals surface area (Å²) in [5, 5.41) is 19.2. The van der Waals surface area contributed by atoms with Crippen LogP contribution in [0.15, 0.2) is 42.7 Å². The highest BCUT2D eigenvalue weighted by molar-refractivity contribution is 7.92. The smallest absolute Gasteiger partial charge is 0.233 e. The fraction of sp³-hybridized carbons (Fsp3) is 0.174. The normalized spacial score (nSPS) is 12.6. The van der Waals surface area contributed by atoms with Crippen LogP contribution in [0.25, 0.3) is 11.0 Å². The number of carbonyl (C=O) groups is 1. The Balaban J connectivity index is 1.48. The van der Waals surface area contributed by atoms with E-state index in [-0.39, 0.29) is 24.2 Å². The first kappa shape index (κ1) is 23.1. The first-order valence-corrected chi connectivity index (χ1v) is 12.7. The van der Waals surface area contributed by atoms with Crippen LogP contribution in [-0.4, -0.2) is 47.6 Å². The molecule has 0 aliphatic carbocycles. The van der Waals surface area contributed by atoms with Crippen LogP contribution in [-0.2, 0) is 27.8 Å². The molecule has 0 radical (unpaired) electrons. The lowest BCUT2D eigenvalue weighted by Crippen LogP contribution is -2.27. The molecule has 0 saturated heterocycles. The Morgan fingerprint density at radius 3 is 2.86 bits per heavy atom. The second-order valence-corrected chi connectivity index (χ2v) is 10.2. The maximum atomic E-state index is 12.1. The zero-order chi connectivity index (χ0) is 25.4. The number of fused-ring (bicyclic) bond motifs is 2. The lowest BCUT2D eigenvalue weighted by molar-refractivity contribution is -0.115. The molecule has 1 aliphatic heterocycles. The topological polar surface area (TPSA) is 169 Å². The SMILES string of the molecule is CN(c1ncccc1CNc1nc(Nc2ccc3c(c2)CC(=O)N3)nc2[nH]cc(C#N)c12)S(C)(=O)=O. The minimum atomic E-state index is -3.51. The van der Waals surface area contributed by atoms with E-state index in [0.29, 0.717) is 40.1 Å². The zero-order valence-electron chi connectivity index (χ0n) is 19.3. The lowest BCUT2D eigenvalue weighted by Gasteiger charge is -2.19. The highest BCUT2D eigenvalue weighted by Gasteiger charge is 2.20. The number of nitrogens with one attached hydrogen (secondary N) is 4. The van der Waals surface area contributed by atoms with Crippen LogP contribution in [0.3, 0.4) is 0 Å². The van der Waals surface area contributed by atoms with Gasteiger partial charge in [0.1, 0.15) is 23.4 Å². The zero-order valence-corrected chi connectivity index (χ0v) is 20.1. The van der Waals surface area contributed by atoms with Crippen molar-refractivity contribution >= 4 is 55.9 Å². The molecule has 1 aromatic carbocycles.